The summed E-state index contributed by atoms with van der Waals surface area (Å²) in [5.41, 5.74) is 3.29. The number of halogens is 5. The van der Waals surface area contributed by atoms with Crippen molar-refractivity contribution in [3.05, 3.63) is 101 Å². The van der Waals surface area contributed by atoms with Gasteiger partial charge in [-0.1, -0.05) is 60.7 Å². The van der Waals surface area contributed by atoms with Crippen molar-refractivity contribution in [3.63, 3.8) is 0 Å². The number of alkyl halides is 3. The highest BCUT2D eigenvalue weighted by Gasteiger charge is 2.43. The molecule has 47 heavy (non-hydrogen) atoms. The van der Waals surface area contributed by atoms with Crippen molar-refractivity contribution in [2.75, 3.05) is 46.9 Å². The Hall–Kier alpha value is -3.91. The summed E-state index contributed by atoms with van der Waals surface area (Å²) in [5.74, 6) is -0.594. The van der Waals surface area contributed by atoms with Crippen LogP contribution in [0.2, 0.25) is 0 Å². The number of carbonyl (C=O) groups excluding carboxylic acids is 1. The molecule has 6 rings (SSSR count). The van der Waals surface area contributed by atoms with Gasteiger partial charge in [0.15, 0.2) is 0 Å². The Balaban J connectivity index is 0.00000250. The molecule has 10 nitrogen and oxygen atoms in total. The van der Waals surface area contributed by atoms with Gasteiger partial charge >= 0.3 is 12.2 Å². The van der Waals surface area contributed by atoms with Gasteiger partial charge in [-0.2, -0.15) is 17.9 Å². The molecular formula is C32H37Cl2F3N8O2. The molecule has 2 amide bonds. The van der Waals surface area contributed by atoms with Crippen LogP contribution in [0.4, 0.5) is 18.0 Å². The summed E-state index contributed by atoms with van der Waals surface area (Å²) in [6, 6.07) is 25.7. The highest BCUT2D eigenvalue weighted by atomic mass is 35.5. The molecule has 3 aromatic carbocycles. The smallest absolute Gasteiger partial charge is 0.453 e. The summed E-state index contributed by atoms with van der Waals surface area (Å²) in [6.07, 6.45) is -4.71. The van der Waals surface area contributed by atoms with Crippen molar-refractivity contribution in [3.8, 4) is 11.4 Å². The maximum Gasteiger partial charge on any atom is 0.453 e. The Labute approximate surface area is 283 Å². The van der Waals surface area contributed by atoms with Crippen LogP contribution in [-0.2, 0) is 12.7 Å². The molecule has 0 spiro atoms. The molecule has 0 bridgehead atoms. The number of urea groups is 1. The lowest BCUT2D eigenvalue weighted by Gasteiger charge is -2.53. The quantitative estimate of drug-likeness (QED) is 0.296. The number of ether oxygens (including phenoxy) is 1. The molecule has 4 aromatic rings. The van der Waals surface area contributed by atoms with Crippen molar-refractivity contribution in [2.45, 2.75) is 30.7 Å². The van der Waals surface area contributed by atoms with E-state index in [0.29, 0.717) is 48.7 Å². The minimum absolute atomic E-state index is 0. The van der Waals surface area contributed by atoms with E-state index in [1.165, 1.54) is 17.2 Å². The fourth-order valence-corrected chi connectivity index (χ4v) is 6.74. The van der Waals surface area contributed by atoms with Gasteiger partial charge in [-0.05, 0) is 39.8 Å². The number of amides is 2. The monoisotopic (exact) mass is 692 g/mol. The molecule has 0 aliphatic carbocycles. The maximum absolute atomic E-state index is 13.6. The van der Waals surface area contributed by atoms with E-state index in [0.717, 1.165) is 6.54 Å². The van der Waals surface area contributed by atoms with Gasteiger partial charge in [0.05, 0.1) is 12.8 Å². The van der Waals surface area contributed by atoms with Crippen LogP contribution in [0.5, 0.6) is 5.75 Å². The molecule has 2 aliphatic rings. The third-order valence-corrected chi connectivity index (χ3v) is 8.70. The number of nitrogens with one attached hydrogen (secondary N) is 1. The zero-order valence-electron chi connectivity index (χ0n) is 25.9. The van der Waals surface area contributed by atoms with Gasteiger partial charge in [0.1, 0.15) is 5.75 Å². The first kappa shape index (κ1) is 35.9. The fourth-order valence-electron chi connectivity index (χ4n) is 6.74. The van der Waals surface area contributed by atoms with Crippen LogP contribution in [-0.4, -0.2) is 99.9 Å². The molecule has 2 aliphatic heterocycles. The number of fused-ring (bicyclic) bond motifs is 1. The number of methoxy groups -OCH3 is 1. The molecule has 0 radical (unpaired) electrons. The van der Waals surface area contributed by atoms with Crippen LogP contribution >= 0.6 is 24.8 Å². The van der Waals surface area contributed by atoms with Crippen molar-refractivity contribution in [1.29, 1.82) is 0 Å². The number of carbonyl (C=O) groups is 1. The van der Waals surface area contributed by atoms with Crippen LogP contribution in [0.3, 0.4) is 0 Å². The SMILES string of the molecule is CNC(=O)N1CCN2[C@H](CN(Cc3cc(-n4nnnc4C(F)(F)F)ccc3OC)C[C@H]2C(c2ccccc2)c2ccccc2)C1.Cl.Cl. The number of aromatic nitrogens is 4. The molecule has 2 atom stereocenters. The van der Waals surface area contributed by atoms with Gasteiger partial charge in [0, 0.05) is 69.9 Å². The number of rotatable bonds is 7. The average molecular weight is 694 g/mol. The highest BCUT2D eigenvalue weighted by Crippen LogP contribution is 2.37. The zero-order chi connectivity index (χ0) is 31.6. The number of benzene rings is 3. The van der Waals surface area contributed by atoms with Gasteiger partial charge in [-0.15, -0.1) is 29.9 Å². The molecule has 15 heteroatoms. The lowest BCUT2D eigenvalue weighted by Crippen LogP contribution is -2.67. The Morgan fingerprint density at radius 1 is 0.957 bits per heavy atom. The van der Waals surface area contributed by atoms with Crippen molar-refractivity contribution in [2.24, 2.45) is 0 Å². The van der Waals surface area contributed by atoms with Crippen LogP contribution in [0.15, 0.2) is 78.9 Å². The first-order chi connectivity index (χ1) is 21.8. The first-order valence-corrected chi connectivity index (χ1v) is 14.8. The summed E-state index contributed by atoms with van der Waals surface area (Å²) < 4.78 is 47.2. The second-order valence-corrected chi connectivity index (χ2v) is 11.4. The Bertz CT molecular complexity index is 1570. The third kappa shape index (κ3) is 7.64. The van der Waals surface area contributed by atoms with Crippen LogP contribution in [0.1, 0.15) is 28.4 Å². The first-order valence-electron chi connectivity index (χ1n) is 14.8. The van der Waals surface area contributed by atoms with Crippen molar-refractivity contribution >= 4 is 30.8 Å². The maximum atomic E-state index is 13.6. The van der Waals surface area contributed by atoms with Gasteiger partial charge in [-0.3, -0.25) is 9.80 Å². The summed E-state index contributed by atoms with van der Waals surface area (Å²) in [6.45, 7) is 3.66. The Morgan fingerprint density at radius 3 is 2.21 bits per heavy atom. The molecular weight excluding hydrogens is 656 g/mol. The molecule has 2 saturated heterocycles. The lowest BCUT2D eigenvalue weighted by atomic mass is 9.81. The summed E-state index contributed by atoms with van der Waals surface area (Å²) in [5, 5.41) is 12.8. The second-order valence-electron chi connectivity index (χ2n) is 11.4. The van der Waals surface area contributed by atoms with Crippen LogP contribution in [0.25, 0.3) is 5.69 Å². The van der Waals surface area contributed by atoms with Crippen molar-refractivity contribution in [1.82, 2.24) is 40.2 Å². The van der Waals surface area contributed by atoms with E-state index in [-0.39, 0.29) is 54.5 Å². The topological polar surface area (TPSA) is 91.7 Å². The largest absolute Gasteiger partial charge is 0.496 e. The zero-order valence-corrected chi connectivity index (χ0v) is 27.5. The van der Waals surface area contributed by atoms with E-state index in [1.54, 1.807) is 26.3 Å². The number of tetrazole rings is 1. The molecule has 0 saturated carbocycles. The fraction of sp³-hybridized carbons (Fsp3) is 0.375. The normalized spacial score (nSPS) is 18.6. The van der Waals surface area contributed by atoms with E-state index in [4.69, 9.17) is 4.74 Å². The Morgan fingerprint density at radius 2 is 1.62 bits per heavy atom. The number of nitrogens with zero attached hydrogens (tertiary/aromatic N) is 7. The van der Waals surface area contributed by atoms with E-state index in [9.17, 15) is 18.0 Å². The van der Waals surface area contributed by atoms with Gasteiger partial charge < -0.3 is 15.0 Å². The molecule has 2 fully saturated rings. The average Bonchev–Trinajstić information content (AvgIpc) is 3.57. The van der Waals surface area contributed by atoms with E-state index in [1.807, 2.05) is 17.0 Å². The van der Waals surface area contributed by atoms with Crippen LogP contribution < -0.4 is 10.1 Å². The number of hydrogen-bond acceptors (Lipinski definition) is 7. The molecule has 0 unspecified atom stereocenters. The predicted molar refractivity (Wildman–Crippen MR) is 176 cm³/mol. The molecule has 1 aromatic heterocycles. The third-order valence-electron chi connectivity index (χ3n) is 8.70. The van der Waals surface area contributed by atoms with Gasteiger partial charge in [-0.25, -0.2) is 4.79 Å². The summed E-state index contributed by atoms with van der Waals surface area (Å²) in [7, 11) is 3.18. The summed E-state index contributed by atoms with van der Waals surface area (Å²) in [4.78, 5) is 19.4. The predicted octanol–water partition coefficient (Wildman–Crippen LogP) is 4.88. The van der Waals surface area contributed by atoms with Crippen molar-refractivity contribution < 1.29 is 22.7 Å². The van der Waals surface area contributed by atoms with Crippen LogP contribution in [0, 0.1) is 0 Å². The minimum atomic E-state index is -4.71. The summed E-state index contributed by atoms with van der Waals surface area (Å²) >= 11 is 0. The van der Waals surface area contributed by atoms with E-state index >= 15 is 0 Å². The molecule has 3 heterocycles. The Kier molecular flexibility index (Phi) is 11.7. The number of piperazine rings is 2. The standard InChI is InChI=1S/C32H35F3N8O2.2ClH/c1-36-31(44)41-15-16-42-26(20-41)19-40(21-27(42)29(22-9-5-3-6-10-22)23-11-7-4-8-12-23)18-24-17-25(13-14-28(24)45-2)43-30(32(33,34)35)37-38-39-43;;/h3-14,17,26-27,29H,15-16,18-21H2,1-2H3,(H,36,44);2*1H/t26-,27+;;/m1../s1. The lowest BCUT2D eigenvalue weighted by molar-refractivity contribution is -0.146. The molecule has 1 N–H and O–H groups in total. The molecule has 252 valence electrons. The van der Waals surface area contributed by atoms with E-state index < -0.39 is 12.0 Å². The van der Waals surface area contributed by atoms with Gasteiger partial charge in [0.25, 0.3) is 5.82 Å². The van der Waals surface area contributed by atoms with Gasteiger partial charge in [0.2, 0.25) is 0 Å². The second kappa shape index (κ2) is 15.3. The number of hydrogen-bond donors (Lipinski definition) is 1. The minimum Gasteiger partial charge on any atom is -0.496 e. The highest BCUT2D eigenvalue weighted by molar-refractivity contribution is 5.85. The van der Waals surface area contributed by atoms with E-state index in [2.05, 4.69) is 79.2 Å².